The Bertz CT molecular complexity index is 311. The molecule has 0 aliphatic heterocycles. The van der Waals surface area contributed by atoms with Gasteiger partial charge in [-0.1, -0.05) is 49.1 Å². The molecule has 0 saturated heterocycles. The van der Waals surface area contributed by atoms with Gasteiger partial charge in [-0.3, -0.25) is 0 Å². The van der Waals surface area contributed by atoms with Crippen LogP contribution in [0.4, 0.5) is 0 Å². The molecule has 0 fully saturated rings. The van der Waals surface area contributed by atoms with Crippen LogP contribution in [0.25, 0.3) is 0 Å². The third-order valence-corrected chi connectivity index (χ3v) is 2.47. The fraction of sp³-hybridized carbons (Fsp3) is 0.286. The molecule has 0 atom stereocenters. The molecule has 0 saturated carbocycles. The van der Waals surface area contributed by atoms with Crippen molar-refractivity contribution in [2.45, 2.75) is 26.2 Å². The van der Waals surface area contributed by atoms with Gasteiger partial charge in [0.2, 0.25) is 0 Å². The normalized spacial score (nSPS) is 17.2. The molecule has 0 spiro atoms. The molecule has 0 unspecified atom stereocenters. The van der Waals surface area contributed by atoms with Crippen LogP contribution in [0.1, 0.15) is 26.2 Å². The molecule has 0 aromatic carbocycles. The van der Waals surface area contributed by atoms with E-state index in [1.165, 1.54) is 11.1 Å². The molecule has 0 heteroatoms. The molecule has 14 heavy (non-hydrogen) atoms. The van der Waals surface area contributed by atoms with E-state index in [-0.39, 0.29) is 0 Å². The lowest BCUT2D eigenvalue weighted by molar-refractivity contribution is 0.946. The first-order chi connectivity index (χ1) is 6.74. The maximum atomic E-state index is 4.06. The smallest absolute Gasteiger partial charge is 0.0161 e. The zero-order valence-corrected chi connectivity index (χ0v) is 8.92. The van der Waals surface area contributed by atoms with E-state index in [0.29, 0.717) is 0 Å². The van der Waals surface area contributed by atoms with Crippen LogP contribution in [0, 0.1) is 0 Å². The van der Waals surface area contributed by atoms with E-state index in [1.54, 1.807) is 6.08 Å². The van der Waals surface area contributed by atoms with Gasteiger partial charge in [-0.15, -0.1) is 0 Å². The molecule has 1 aliphatic rings. The molecule has 1 aliphatic carbocycles. The minimum atomic E-state index is 1.04. The lowest BCUT2D eigenvalue weighted by Gasteiger charge is -2.04. The fourth-order valence-corrected chi connectivity index (χ4v) is 1.52. The van der Waals surface area contributed by atoms with Crippen LogP contribution in [-0.4, -0.2) is 0 Å². The van der Waals surface area contributed by atoms with E-state index in [1.807, 2.05) is 12.2 Å². The molecule has 0 aromatic heterocycles. The van der Waals surface area contributed by atoms with Crippen molar-refractivity contribution in [1.29, 1.82) is 0 Å². The number of hydrogen-bond donors (Lipinski definition) is 0. The van der Waals surface area contributed by atoms with E-state index < -0.39 is 0 Å². The quantitative estimate of drug-likeness (QED) is 0.454. The fourth-order valence-electron chi connectivity index (χ4n) is 1.52. The first-order valence-electron chi connectivity index (χ1n) is 5.07. The highest BCUT2D eigenvalue weighted by atomic mass is 14.1. The highest BCUT2D eigenvalue weighted by Crippen LogP contribution is 2.22. The summed E-state index contributed by atoms with van der Waals surface area (Å²) < 4.78 is 0. The predicted molar refractivity (Wildman–Crippen MR) is 64.2 cm³/mol. The van der Waals surface area contributed by atoms with Crippen molar-refractivity contribution < 1.29 is 0 Å². The Morgan fingerprint density at radius 2 is 2.14 bits per heavy atom. The van der Waals surface area contributed by atoms with Crippen LogP contribution in [0.3, 0.4) is 0 Å². The van der Waals surface area contributed by atoms with Gasteiger partial charge >= 0.3 is 0 Å². The van der Waals surface area contributed by atoms with Crippen molar-refractivity contribution in [2.75, 3.05) is 0 Å². The lowest BCUT2D eigenvalue weighted by Crippen LogP contribution is -1.85. The molecular weight excluding hydrogens is 168 g/mol. The van der Waals surface area contributed by atoms with Gasteiger partial charge < -0.3 is 0 Å². The molecule has 74 valence electrons. The lowest BCUT2D eigenvalue weighted by atomic mass is 10.0. The van der Waals surface area contributed by atoms with E-state index in [9.17, 15) is 0 Å². The summed E-state index contributed by atoms with van der Waals surface area (Å²) in [5.41, 5.74) is 3.97. The minimum absolute atomic E-state index is 1.04. The Labute approximate surface area is 87.0 Å². The zero-order chi connectivity index (χ0) is 10.4. The van der Waals surface area contributed by atoms with Crippen molar-refractivity contribution >= 4 is 0 Å². The number of allylic oxidation sites excluding steroid dienone is 8. The monoisotopic (exact) mass is 186 g/mol. The van der Waals surface area contributed by atoms with Crippen molar-refractivity contribution in [2.24, 2.45) is 0 Å². The second-order valence-corrected chi connectivity index (χ2v) is 3.64. The van der Waals surface area contributed by atoms with E-state index in [4.69, 9.17) is 0 Å². The number of hydrogen-bond acceptors (Lipinski definition) is 0. The average molecular weight is 186 g/mol. The second-order valence-electron chi connectivity index (χ2n) is 3.64. The zero-order valence-electron chi connectivity index (χ0n) is 8.92. The Hall–Kier alpha value is -1.30. The summed E-state index contributed by atoms with van der Waals surface area (Å²) >= 11 is 0. The molecule has 0 radical (unpaired) electrons. The van der Waals surface area contributed by atoms with Gasteiger partial charge in [-0.2, -0.15) is 0 Å². The van der Waals surface area contributed by atoms with Gasteiger partial charge in [0.05, 0.1) is 0 Å². The molecule has 0 nitrogen and oxygen atoms in total. The summed E-state index contributed by atoms with van der Waals surface area (Å²) in [6, 6.07) is 0. The van der Waals surface area contributed by atoms with Crippen LogP contribution in [0.15, 0.2) is 60.3 Å². The second kappa shape index (κ2) is 5.43. The Balaban J connectivity index is 2.62. The summed E-state index contributed by atoms with van der Waals surface area (Å²) in [4.78, 5) is 0. The van der Waals surface area contributed by atoms with E-state index in [2.05, 4.69) is 32.2 Å². The third-order valence-electron chi connectivity index (χ3n) is 2.47. The first-order valence-corrected chi connectivity index (χ1v) is 5.07. The van der Waals surface area contributed by atoms with Crippen LogP contribution in [0.2, 0.25) is 0 Å². The maximum absolute atomic E-state index is 4.06. The SMILES string of the molecule is C=C/C=C\C(=C)C1=CCC=C(C)CC1. The van der Waals surface area contributed by atoms with Crippen molar-refractivity contribution in [3.63, 3.8) is 0 Å². The van der Waals surface area contributed by atoms with Crippen molar-refractivity contribution in [3.8, 4) is 0 Å². The van der Waals surface area contributed by atoms with Crippen molar-refractivity contribution in [1.82, 2.24) is 0 Å². The van der Waals surface area contributed by atoms with Crippen molar-refractivity contribution in [3.05, 3.63) is 60.3 Å². The summed E-state index contributed by atoms with van der Waals surface area (Å²) in [7, 11) is 0. The van der Waals surface area contributed by atoms with Gasteiger partial charge in [0.1, 0.15) is 0 Å². The Morgan fingerprint density at radius 3 is 2.86 bits per heavy atom. The molecule has 0 aromatic rings. The highest BCUT2D eigenvalue weighted by Gasteiger charge is 2.03. The molecule has 0 amide bonds. The standard InChI is InChI=1S/C14H18/c1-4-5-8-13(3)14-9-6-7-12(2)10-11-14/h4-5,7-9H,1,3,6,10-11H2,2H3/b8-5-. The maximum Gasteiger partial charge on any atom is -0.0161 e. The Kier molecular flexibility index (Phi) is 4.18. The van der Waals surface area contributed by atoms with Crippen LogP contribution in [-0.2, 0) is 0 Å². The van der Waals surface area contributed by atoms with Gasteiger partial charge in [0.25, 0.3) is 0 Å². The summed E-state index contributed by atoms with van der Waals surface area (Å²) in [6.45, 7) is 9.90. The molecule has 0 bridgehead atoms. The topological polar surface area (TPSA) is 0 Å². The van der Waals surface area contributed by atoms with E-state index in [0.717, 1.165) is 24.8 Å². The summed E-state index contributed by atoms with van der Waals surface area (Å²) in [6.07, 6.45) is 13.6. The van der Waals surface area contributed by atoms with E-state index >= 15 is 0 Å². The molecule has 1 rings (SSSR count). The predicted octanol–water partition coefficient (Wildman–Crippen LogP) is 4.34. The number of rotatable bonds is 3. The average Bonchev–Trinajstić information content (AvgIpc) is 2.39. The van der Waals surface area contributed by atoms with Gasteiger partial charge in [0, 0.05) is 0 Å². The summed E-state index contributed by atoms with van der Waals surface area (Å²) in [5, 5.41) is 0. The van der Waals surface area contributed by atoms with Crippen LogP contribution >= 0.6 is 0 Å². The van der Waals surface area contributed by atoms with Gasteiger partial charge in [0.15, 0.2) is 0 Å². The Morgan fingerprint density at radius 1 is 1.36 bits per heavy atom. The minimum Gasteiger partial charge on any atom is -0.0991 e. The third kappa shape index (κ3) is 3.21. The molecule has 0 N–H and O–H groups in total. The molecular formula is C14H18. The highest BCUT2D eigenvalue weighted by molar-refractivity contribution is 5.39. The summed E-state index contributed by atoms with van der Waals surface area (Å²) in [5.74, 6) is 0. The van der Waals surface area contributed by atoms with Crippen LogP contribution in [0.5, 0.6) is 0 Å². The molecule has 0 heterocycles. The van der Waals surface area contributed by atoms with Gasteiger partial charge in [-0.25, -0.2) is 0 Å². The van der Waals surface area contributed by atoms with Crippen LogP contribution < -0.4 is 0 Å². The largest absolute Gasteiger partial charge is 0.0991 e. The van der Waals surface area contributed by atoms with Gasteiger partial charge in [-0.05, 0) is 37.3 Å². The first kappa shape index (κ1) is 10.8.